The number of sulfonamides is 1. The molecule has 1 aliphatic rings. The maximum atomic E-state index is 12.1. The highest BCUT2D eigenvalue weighted by Crippen LogP contribution is 2.30. The summed E-state index contributed by atoms with van der Waals surface area (Å²) in [6.45, 7) is 2.56. The van der Waals surface area contributed by atoms with Crippen molar-refractivity contribution in [1.82, 2.24) is 14.9 Å². The van der Waals surface area contributed by atoms with Gasteiger partial charge in [-0.1, -0.05) is 32.6 Å². The average molecular weight is 315 g/mol. The van der Waals surface area contributed by atoms with E-state index >= 15 is 0 Å². The van der Waals surface area contributed by atoms with E-state index in [-0.39, 0.29) is 10.6 Å². The first-order valence-corrected chi connectivity index (χ1v) is 8.65. The Labute approximate surface area is 124 Å². The summed E-state index contributed by atoms with van der Waals surface area (Å²) in [6.07, 6.45) is 6.44. The second-order valence-electron chi connectivity index (χ2n) is 5.73. The number of aromatic carboxylic acids is 1. The highest BCUT2D eigenvalue weighted by Gasteiger charge is 2.25. The minimum Gasteiger partial charge on any atom is -0.478 e. The lowest BCUT2D eigenvalue weighted by atomic mass is 9.81. The van der Waals surface area contributed by atoms with E-state index in [1.165, 1.54) is 12.8 Å². The molecule has 0 amide bonds. The van der Waals surface area contributed by atoms with E-state index in [1.807, 2.05) is 0 Å². The summed E-state index contributed by atoms with van der Waals surface area (Å²) in [5.74, 6) is -0.00364. The van der Waals surface area contributed by atoms with Crippen molar-refractivity contribution in [3.05, 3.63) is 11.8 Å². The van der Waals surface area contributed by atoms with E-state index in [9.17, 15) is 13.2 Å². The molecule has 0 aromatic carbocycles. The van der Waals surface area contributed by atoms with E-state index in [4.69, 9.17) is 5.11 Å². The van der Waals surface area contributed by atoms with Crippen LogP contribution < -0.4 is 4.72 Å². The molecule has 1 fully saturated rings. The predicted octanol–water partition coefficient (Wildman–Crippen LogP) is 1.60. The molecule has 1 aliphatic carbocycles. The first kappa shape index (κ1) is 16.0. The Morgan fingerprint density at radius 3 is 2.71 bits per heavy atom. The summed E-state index contributed by atoms with van der Waals surface area (Å²) in [5.41, 5.74) is -0.339. The molecular formula is C13H21N3O4S. The Balaban J connectivity index is 1.90. The van der Waals surface area contributed by atoms with E-state index in [2.05, 4.69) is 21.8 Å². The van der Waals surface area contributed by atoms with E-state index in [1.54, 1.807) is 0 Å². The van der Waals surface area contributed by atoms with Gasteiger partial charge in [0.05, 0.1) is 6.20 Å². The van der Waals surface area contributed by atoms with E-state index in [0.29, 0.717) is 12.5 Å². The molecule has 0 atom stereocenters. The van der Waals surface area contributed by atoms with Crippen LogP contribution in [0.25, 0.3) is 0 Å². The highest BCUT2D eigenvalue weighted by atomic mass is 32.2. The zero-order chi connectivity index (χ0) is 15.5. The molecule has 0 spiro atoms. The van der Waals surface area contributed by atoms with Crippen molar-refractivity contribution in [2.75, 3.05) is 6.54 Å². The summed E-state index contributed by atoms with van der Waals surface area (Å²) < 4.78 is 26.6. The fourth-order valence-electron chi connectivity index (χ4n) is 2.72. The average Bonchev–Trinajstić information content (AvgIpc) is 2.91. The number of hydrogen-bond donors (Lipinski definition) is 3. The number of rotatable bonds is 6. The van der Waals surface area contributed by atoms with Gasteiger partial charge < -0.3 is 5.11 Å². The quantitative estimate of drug-likeness (QED) is 0.738. The molecule has 2 rings (SSSR count). The van der Waals surface area contributed by atoms with Crippen LogP contribution in [0.3, 0.4) is 0 Å². The molecule has 21 heavy (non-hydrogen) atoms. The smallest absolute Gasteiger partial charge is 0.340 e. The number of nitrogens with zero attached hydrogens (tertiary/aromatic N) is 1. The Bertz CT molecular complexity index is 588. The molecule has 0 aliphatic heterocycles. The van der Waals surface area contributed by atoms with Crippen molar-refractivity contribution >= 4 is 16.0 Å². The van der Waals surface area contributed by atoms with Gasteiger partial charge in [-0.05, 0) is 18.3 Å². The SMILES string of the molecule is CC1CCC(CCNS(=O)(=O)c2[nH]ncc2C(=O)O)CC1. The molecular weight excluding hydrogens is 294 g/mol. The van der Waals surface area contributed by atoms with Gasteiger partial charge in [0.1, 0.15) is 5.56 Å². The molecule has 0 bridgehead atoms. The van der Waals surface area contributed by atoms with Gasteiger partial charge in [-0.25, -0.2) is 17.9 Å². The summed E-state index contributed by atoms with van der Waals surface area (Å²) in [6, 6.07) is 0. The van der Waals surface area contributed by atoms with Gasteiger partial charge in [-0.15, -0.1) is 0 Å². The molecule has 1 heterocycles. The van der Waals surface area contributed by atoms with Crippen molar-refractivity contribution in [1.29, 1.82) is 0 Å². The van der Waals surface area contributed by atoms with Gasteiger partial charge >= 0.3 is 5.97 Å². The third-order valence-corrected chi connectivity index (χ3v) is 5.52. The monoisotopic (exact) mass is 315 g/mol. The largest absolute Gasteiger partial charge is 0.478 e. The van der Waals surface area contributed by atoms with Crippen LogP contribution in [0.2, 0.25) is 0 Å². The van der Waals surface area contributed by atoms with Gasteiger partial charge in [0.25, 0.3) is 10.0 Å². The number of aromatic nitrogens is 2. The van der Waals surface area contributed by atoms with Crippen LogP contribution >= 0.6 is 0 Å². The van der Waals surface area contributed by atoms with E-state index < -0.39 is 16.0 Å². The van der Waals surface area contributed by atoms with Crippen LogP contribution in [0.1, 0.15) is 49.4 Å². The number of hydrogen-bond acceptors (Lipinski definition) is 4. The third-order valence-electron chi connectivity index (χ3n) is 4.08. The lowest BCUT2D eigenvalue weighted by Crippen LogP contribution is -2.28. The van der Waals surface area contributed by atoms with Gasteiger partial charge in [0.15, 0.2) is 5.03 Å². The lowest BCUT2D eigenvalue weighted by Gasteiger charge is -2.26. The Kier molecular flexibility index (Phi) is 5.00. The number of carboxylic acids is 1. The van der Waals surface area contributed by atoms with Crippen molar-refractivity contribution in [3.63, 3.8) is 0 Å². The summed E-state index contributed by atoms with van der Waals surface area (Å²) in [7, 11) is -3.85. The van der Waals surface area contributed by atoms with Crippen LogP contribution in [-0.4, -0.2) is 36.2 Å². The fraction of sp³-hybridized carbons (Fsp3) is 0.692. The zero-order valence-corrected chi connectivity index (χ0v) is 12.8. The van der Waals surface area contributed by atoms with Crippen LogP contribution in [0.5, 0.6) is 0 Å². The van der Waals surface area contributed by atoms with Crippen molar-refractivity contribution in [3.8, 4) is 0 Å². The Morgan fingerprint density at radius 2 is 2.10 bits per heavy atom. The topological polar surface area (TPSA) is 112 Å². The van der Waals surface area contributed by atoms with Crippen LogP contribution in [0, 0.1) is 11.8 Å². The van der Waals surface area contributed by atoms with Crippen molar-refractivity contribution in [2.24, 2.45) is 11.8 Å². The number of nitrogens with one attached hydrogen (secondary N) is 2. The molecule has 0 saturated heterocycles. The molecule has 8 heteroatoms. The maximum Gasteiger partial charge on any atom is 0.340 e. The van der Waals surface area contributed by atoms with Crippen molar-refractivity contribution < 1.29 is 18.3 Å². The normalized spacial score (nSPS) is 23.1. The number of carboxylic acid groups (broad SMARTS) is 1. The second kappa shape index (κ2) is 6.57. The molecule has 1 aromatic heterocycles. The number of H-pyrrole nitrogens is 1. The highest BCUT2D eigenvalue weighted by molar-refractivity contribution is 7.89. The van der Waals surface area contributed by atoms with Gasteiger partial charge in [-0.3, -0.25) is 5.10 Å². The van der Waals surface area contributed by atoms with Crippen molar-refractivity contribution in [2.45, 2.75) is 44.1 Å². The van der Waals surface area contributed by atoms with Gasteiger partial charge in [-0.2, -0.15) is 5.10 Å². The Morgan fingerprint density at radius 1 is 1.43 bits per heavy atom. The second-order valence-corrected chi connectivity index (χ2v) is 7.43. The first-order chi connectivity index (χ1) is 9.90. The predicted molar refractivity (Wildman–Crippen MR) is 76.5 cm³/mol. The summed E-state index contributed by atoms with van der Waals surface area (Å²) >= 11 is 0. The minimum atomic E-state index is -3.85. The van der Waals surface area contributed by atoms with Gasteiger partial charge in [0, 0.05) is 6.54 Å². The molecule has 1 saturated carbocycles. The van der Waals surface area contributed by atoms with Crippen LogP contribution in [-0.2, 0) is 10.0 Å². The molecule has 7 nitrogen and oxygen atoms in total. The Hall–Kier alpha value is -1.41. The summed E-state index contributed by atoms with van der Waals surface area (Å²) in [5, 5.41) is 14.3. The third kappa shape index (κ3) is 4.04. The molecule has 0 unspecified atom stereocenters. The molecule has 1 aromatic rings. The lowest BCUT2D eigenvalue weighted by molar-refractivity contribution is 0.0692. The van der Waals surface area contributed by atoms with Gasteiger partial charge in [0.2, 0.25) is 0 Å². The van der Waals surface area contributed by atoms with Crippen LogP contribution in [0.4, 0.5) is 0 Å². The number of aromatic amines is 1. The first-order valence-electron chi connectivity index (χ1n) is 7.16. The fourth-order valence-corrected chi connectivity index (χ4v) is 3.85. The molecule has 118 valence electrons. The molecule has 0 radical (unpaired) electrons. The van der Waals surface area contributed by atoms with E-state index in [0.717, 1.165) is 31.4 Å². The zero-order valence-electron chi connectivity index (χ0n) is 12.0. The molecule has 3 N–H and O–H groups in total. The summed E-state index contributed by atoms with van der Waals surface area (Å²) in [4.78, 5) is 10.9. The van der Waals surface area contributed by atoms with Crippen LogP contribution in [0.15, 0.2) is 11.2 Å². The minimum absolute atomic E-state index is 0.319. The standard InChI is InChI=1S/C13H21N3O4S/c1-9-2-4-10(5-3-9)6-7-15-21(19,20)12-11(13(17)18)8-14-16-12/h8-10,15H,2-7H2,1H3,(H,14,16)(H,17,18). The number of carbonyl (C=O) groups is 1. The maximum absolute atomic E-state index is 12.1.